The van der Waals surface area contributed by atoms with E-state index in [0.717, 1.165) is 5.75 Å². The molecule has 0 bridgehead atoms. The van der Waals surface area contributed by atoms with Gasteiger partial charge in [0.2, 0.25) is 5.91 Å². The van der Waals surface area contributed by atoms with Gasteiger partial charge in [0.1, 0.15) is 0 Å². The molecule has 0 saturated carbocycles. The SMILES string of the molecule is C#CCC(N)C(=O)N(C)C(C)CSC. The minimum absolute atomic E-state index is 0.0792. The molecule has 0 aliphatic heterocycles. The second kappa shape index (κ2) is 6.74. The van der Waals surface area contributed by atoms with Crippen molar-refractivity contribution < 1.29 is 4.79 Å². The van der Waals surface area contributed by atoms with Crippen molar-refractivity contribution in [3.63, 3.8) is 0 Å². The molecule has 0 aromatic rings. The average molecular weight is 214 g/mol. The maximum Gasteiger partial charge on any atom is 0.240 e. The zero-order chi connectivity index (χ0) is 11.1. The van der Waals surface area contributed by atoms with Crippen LogP contribution in [0.5, 0.6) is 0 Å². The molecule has 3 nitrogen and oxygen atoms in total. The fourth-order valence-electron chi connectivity index (χ4n) is 1.05. The first-order valence-electron chi connectivity index (χ1n) is 4.49. The van der Waals surface area contributed by atoms with Gasteiger partial charge in [-0.3, -0.25) is 4.79 Å². The summed E-state index contributed by atoms with van der Waals surface area (Å²) in [5.74, 6) is 3.23. The number of rotatable bonds is 5. The Labute approximate surface area is 90.4 Å². The number of hydrogen-bond acceptors (Lipinski definition) is 3. The summed E-state index contributed by atoms with van der Waals surface area (Å²) in [4.78, 5) is 13.3. The maximum atomic E-state index is 11.6. The smallest absolute Gasteiger partial charge is 0.240 e. The van der Waals surface area contributed by atoms with Crippen LogP contribution in [0.4, 0.5) is 0 Å². The number of nitrogens with zero attached hydrogens (tertiary/aromatic N) is 1. The van der Waals surface area contributed by atoms with Gasteiger partial charge in [-0.25, -0.2) is 0 Å². The van der Waals surface area contributed by atoms with Crippen LogP contribution in [0.3, 0.4) is 0 Å². The van der Waals surface area contributed by atoms with Gasteiger partial charge in [0.05, 0.1) is 6.04 Å². The summed E-state index contributed by atoms with van der Waals surface area (Å²) in [6.45, 7) is 2.00. The number of thioether (sulfide) groups is 1. The van der Waals surface area contributed by atoms with E-state index in [4.69, 9.17) is 12.2 Å². The highest BCUT2D eigenvalue weighted by molar-refractivity contribution is 7.98. The summed E-state index contributed by atoms with van der Waals surface area (Å²) in [7, 11) is 1.76. The molecule has 2 atom stereocenters. The van der Waals surface area contributed by atoms with E-state index in [0.29, 0.717) is 6.42 Å². The standard InChI is InChI=1S/C10H18N2OS/c1-5-6-9(11)10(13)12(3)8(2)7-14-4/h1,8-9H,6-7,11H2,2-4H3. The average Bonchev–Trinajstić information content (AvgIpc) is 2.16. The predicted octanol–water partition coefficient (Wildman–Crippen LogP) is 0.547. The monoisotopic (exact) mass is 214 g/mol. The molecule has 2 N–H and O–H groups in total. The molecule has 0 saturated heterocycles. The molecule has 2 unspecified atom stereocenters. The Morgan fingerprint density at radius 2 is 2.29 bits per heavy atom. The minimum Gasteiger partial charge on any atom is -0.341 e. The first kappa shape index (κ1) is 13.3. The van der Waals surface area contributed by atoms with Gasteiger partial charge in [-0.15, -0.1) is 12.3 Å². The lowest BCUT2D eigenvalue weighted by Crippen LogP contribution is -2.46. The fraction of sp³-hybridized carbons (Fsp3) is 0.700. The lowest BCUT2D eigenvalue weighted by molar-refractivity contribution is -0.132. The number of amides is 1. The zero-order valence-electron chi connectivity index (χ0n) is 8.99. The maximum absolute atomic E-state index is 11.6. The highest BCUT2D eigenvalue weighted by atomic mass is 32.2. The fourth-order valence-corrected chi connectivity index (χ4v) is 1.75. The van der Waals surface area contributed by atoms with Gasteiger partial charge in [-0.05, 0) is 13.2 Å². The van der Waals surface area contributed by atoms with Crippen LogP contribution >= 0.6 is 11.8 Å². The summed E-state index contributed by atoms with van der Waals surface area (Å²) in [5, 5.41) is 0. The summed E-state index contributed by atoms with van der Waals surface area (Å²) in [6, 6.07) is -0.365. The molecule has 0 fully saturated rings. The molecular weight excluding hydrogens is 196 g/mol. The molecule has 4 heteroatoms. The highest BCUT2D eigenvalue weighted by Gasteiger charge is 2.20. The van der Waals surface area contributed by atoms with Crippen LogP contribution in [-0.4, -0.2) is 41.9 Å². The number of nitrogens with two attached hydrogens (primary N) is 1. The van der Waals surface area contributed by atoms with Crippen LogP contribution < -0.4 is 5.73 Å². The Balaban J connectivity index is 4.17. The van der Waals surface area contributed by atoms with Gasteiger partial charge in [-0.2, -0.15) is 11.8 Å². The van der Waals surface area contributed by atoms with Gasteiger partial charge in [0.15, 0.2) is 0 Å². The molecule has 80 valence electrons. The van der Waals surface area contributed by atoms with Gasteiger partial charge in [0, 0.05) is 25.3 Å². The third-order valence-corrected chi connectivity index (χ3v) is 2.89. The molecule has 0 aliphatic rings. The van der Waals surface area contributed by atoms with Crippen molar-refractivity contribution in [1.82, 2.24) is 4.90 Å². The first-order chi connectivity index (χ1) is 6.54. The highest BCUT2D eigenvalue weighted by Crippen LogP contribution is 2.05. The van der Waals surface area contributed by atoms with Gasteiger partial charge < -0.3 is 10.6 Å². The molecule has 0 heterocycles. The van der Waals surface area contributed by atoms with E-state index < -0.39 is 6.04 Å². The van der Waals surface area contributed by atoms with E-state index >= 15 is 0 Å². The Bertz CT molecular complexity index is 225. The van der Waals surface area contributed by atoms with E-state index in [2.05, 4.69) is 5.92 Å². The van der Waals surface area contributed by atoms with Crippen molar-refractivity contribution >= 4 is 17.7 Å². The molecule has 1 amide bonds. The number of hydrogen-bond donors (Lipinski definition) is 1. The van der Waals surface area contributed by atoms with Gasteiger partial charge >= 0.3 is 0 Å². The largest absolute Gasteiger partial charge is 0.341 e. The lowest BCUT2D eigenvalue weighted by atomic mass is 10.2. The van der Waals surface area contributed by atoms with E-state index in [-0.39, 0.29) is 11.9 Å². The van der Waals surface area contributed by atoms with Crippen LogP contribution in [0.1, 0.15) is 13.3 Å². The number of terminal acetylenes is 1. The Kier molecular flexibility index (Phi) is 6.43. The normalized spacial score (nSPS) is 14.2. The molecule has 0 aromatic heterocycles. The van der Waals surface area contributed by atoms with E-state index in [9.17, 15) is 4.79 Å². The Morgan fingerprint density at radius 1 is 1.71 bits per heavy atom. The predicted molar refractivity (Wildman–Crippen MR) is 62.0 cm³/mol. The van der Waals surface area contributed by atoms with Crippen molar-refractivity contribution in [2.24, 2.45) is 5.73 Å². The third-order valence-electron chi connectivity index (χ3n) is 2.07. The third kappa shape index (κ3) is 4.03. The molecule has 14 heavy (non-hydrogen) atoms. The zero-order valence-corrected chi connectivity index (χ0v) is 9.80. The topological polar surface area (TPSA) is 46.3 Å². The molecule has 0 rings (SSSR count). The quantitative estimate of drug-likeness (QED) is 0.680. The summed E-state index contributed by atoms with van der Waals surface area (Å²) in [5.41, 5.74) is 5.62. The molecule has 0 aliphatic carbocycles. The van der Waals surface area contributed by atoms with Crippen molar-refractivity contribution in [3.8, 4) is 12.3 Å². The van der Waals surface area contributed by atoms with Crippen LogP contribution in [0.25, 0.3) is 0 Å². The van der Waals surface area contributed by atoms with Crippen molar-refractivity contribution in [2.75, 3.05) is 19.1 Å². The Morgan fingerprint density at radius 3 is 2.71 bits per heavy atom. The van der Waals surface area contributed by atoms with Crippen LogP contribution in [0, 0.1) is 12.3 Å². The van der Waals surface area contributed by atoms with E-state index in [1.54, 1.807) is 23.7 Å². The first-order valence-corrected chi connectivity index (χ1v) is 5.88. The van der Waals surface area contributed by atoms with Gasteiger partial charge in [-0.1, -0.05) is 0 Å². The van der Waals surface area contributed by atoms with E-state index in [1.807, 2.05) is 13.2 Å². The lowest BCUT2D eigenvalue weighted by Gasteiger charge is -2.26. The second-order valence-electron chi connectivity index (χ2n) is 3.27. The number of likely N-dealkylation sites (N-methyl/N-ethyl adjacent to an activating group) is 1. The molecule has 0 radical (unpaired) electrons. The molecule has 0 spiro atoms. The Hall–Kier alpha value is -0.660. The minimum atomic E-state index is -0.561. The van der Waals surface area contributed by atoms with Crippen LogP contribution in [0.15, 0.2) is 0 Å². The molecule has 0 aromatic carbocycles. The van der Waals surface area contributed by atoms with Crippen molar-refractivity contribution in [3.05, 3.63) is 0 Å². The summed E-state index contributed by atoms with van der Waals surface area (Å²) in [6.07, 6.45) is 7.41. The van der Waals surface area contributed by atoms with Gasteiger partial charge in [0.25, 0.3) is 0 Å². The second-order valence-corrected chi connectivity index (χ2v) is 4.18. The number of carbonyl (C=O) groups is 1. The van der Waals surface area contributed by atoms with E-state index in [1.165, 1.54) is 0 Å². The van der Waals surface area contributed by atoms with Crippen molar-refractivity contribution in [2.45, 2.75) is 25.4 Å². The number of carbonyl (C=O) groups excluding carboxylic acids is 1. The van der Waals surface area contributed by atoms with Crippen molar-refractivity contribution in [1.29, 1.82) is 0 Å². The van der Waals surface area contributed by atoms with Crippen LogP contribution in [-0.2, 0) is 4.79 Å². The summed E-state index contributed by atoms with van der Waals surface area (Å²) < 4.78 is 0. The summed E-state index contributed by atoms with van der Waals surface area (Å²) >= 11 is 1.71. The molecular formula is C10H18N2OS. The van der Waals surface area contributed by atoms with Crippen LogP contribution in [0.2, 0.25) is 0 Å².